The first-order valence-electron chi connectivity index (χ1n) is 3.84. The second-order valence-electron chi connectivity index (χ2n) is 3.02. The smallest absolute Gasteiger partial charge is 0.100 e. The summed E-state index contributed by atoms with van der Waals surface area (Å²) in [4.78, 5) is 0. The van der Waals surface area contributed by atoms with Gasteiger partial charge >= 0.3 is 0 Å². The number of hydrogen-bond acceptors (Lipinski definition) is 2. The van der Waals surface area contributed by atoms with E-state index >= 15 is 0 Å². The monoisotopic (exact) mass is 154 g/mol. The summed E-state index contributed by atoms with van der Waals surface area (Å²) in [7, 11) is 0. The molecule has 1 aromatic heterocycles. The SMILES string of the molecule is Cc1cc(C(C)C(C)O)co1. The zero-order valence-corrected chi connectivity index (χ0v) is 7.16. The Morgan fingerprint density at radius 2 is 2.09 bits per heavy atom. The van der Waals surface area contributed by atoms with E-state index in [2.05, 4.69) is 0 Å². The predicted molar refractivity (Wildman–Crippen MR) is 43.5 cm³/mol. The Bertz CT molecular complexity index is 225. The molecule has 0 saturated heterocycles. The maximum atomic E-state index is 9.24. The van der Waals surface area contributed by atoms with Crippen LogP contribution in [0.4, 0.5) is 0 Å². The van der Waals surface area contributed by atoms with E-state index in [0.29, 0.717) is 0 Å². The highest BCUT2D eigenvalue weighted by Crippen LogP contribution is 2.20. The van der Waals surface area contributed by atoms with Gasteiger partial charge in [-0.3, -0.25) is 0 Å². The molecule has 2 heteroatoms. The minimum Gasteiger partial charge on any atom is -0.469 e. The van der Waals surface area contributed by atoms with Crippen molar-refractivity contribution in [3.8, 4) is 0 Å². The van der Waals surface area contributed by atoms with E-state index in [4.69, 9.17) is 4.42 Å². The molecule has 0 radical (unpaired) electrons. The van der Waals surface area contributed by atoms with Gasteiger partial charge in [-0.2, -0.15) is 0 Å². The van der Waals surface area contributed by atoms with Gasteiger partial charge in [-0.05, 0) is 25.5 Å². The Morgan fingerprint density at radius 3 is 2.45 bits per heavy atom. The van der Waals surface area contributed by atoms with Gasteiger partial charge in [0.25, 0.3) is 0 Å². The molecule has 11 heavy (non-hydrogen) atoms. The highest BCUT2D eigenvalue weighted by molar-refractivity contribution is 5.17. The second kappa shape index (κ2) is 3.09. The molecule has 1 N–H and O–H groups in total. The zero-order valence-electron chi connectivity index (χ0n) is 7.16. The van der Waals surface area contributed by atoms with Crippen molar-refractivity contribution < 1.29 is 9.52 Å². The van der Waals surface area contributed by atoms with Gasteiger partial charge in [0.1, 0.15) is 5.76 Å². The second-order valence-corrected chi connectivity index (χ2v) is 3.02. The molecule has 0 aliphatic carbocycles. The first-order valence-corrected chi connectivity index (χ1v) is 3.84. The Balaban J connectivity index is 2.76. The molecule has 0 bridgehead atoms. The summed E-state index contributed by atoms with van der Waals surface area (Å²) in [5.74, 6) is 1.06. The normalized spacial score (nSPS) is 16.4. The fourth-order valence-electron chi connectivity index (χ4n) is 0.981. The molecule has 0 saturated carbocycles. The fraction of sp³-hybridized carbons (Fsp3) is 0.556. The number of aryl methyl sites for hydroxylation is 1. The molecular formula is C9H14O2. The van der Waals surface area contributed by atoms with E-state index in [1.54, 1.807) is 13.2 Å². The molecule has 1 aromatic rings. The Kier molecular flexibility index (Phi) is 2.35. The molecule has 0 spiro atoms. The highest BCUT2D eigenvalue weighted by atomic mass is 16.3. The fourth-order valence-corrected chi connectivity index (χ4v) is 0.981. The number of furan rings is 1. The van der Waals surface area contributed by atoms with Crippen molar-refractivity contribution in [3.05, 3.63) is 23.7 Å². The lowest BCUT2D eigenvalue weighted by Gasteiger charge is -2.11. The van der Waals surface area contributed by atoms with E-state index < -0.39 is 0 Å². The number of rotatable bonds is 2. The molecule has 0 aromatic carbocycles. The van der Waals surface area contributed by atoms with Crippen molar-refractivity contribution in [2.24, 2.45) is 0 Å². The first kappa shape index (κ1) is 8.34. The van der Waals surface area contributed by atoms with Gasteiger partial charge < -0.3 is 9.52 Å². The molecule has 62 valence electrons. The predicted octanol–water partition coefficient (Wildman–Crippen LogP) is 2.07. The molecule has 0 aliphatic rings. The third-order valence-corrected chi connectivity index (χ3v) is 2.00. The molecule has 0 aliphatic heterocycles. The van der Waals surface area contributed by atoms with Crippen molar-refractivity contribution in [1.29, 1.82) is 0 Å². The van der Waals surface area contributed by atoms with Crippen LogP contribution >= 0.6 is 0 Å². The first-order chi connectivity index (χ1) is 5.11. The molecule has 2 atom stereocenters. The van der Waals surface area contributed by atoms with Gasteiger partial charge in [-0.15, -0.1) is 0 Å². The minimum atomic E-state index is -0.313. The molecule has 2 nitrogen and oxygen atoms in total. The topological polar surface area (TPSA) is 33.4 Å². The lowest BCUT2D eigenvalue weighted by atomic mass is 9.99. The average Bonchev–Trinajstić information content (AvgIpc) is 2.34. The van der Waals surface area contributed by atoms with Crippen molar-refractivity contribution in [2.45, 2.75) is 32.8 Å². The van der Waals surface area contributed by atoms with E-state index in [9.17, 15) is 5.11 Å². The van der Waals surface area contributed by atoms with E-state index in [1.165, 1.54) is 0 Å². The van der Waals surface area contributed by atoms with E-state index in [1.807, 2.05) is 19.9 Å². The van der Waals surface area contributed by atoms with Gasteiger partial charge in [0, 0.05) is 5.92 Å². The Hall–Kier alpha value is -0.760. The molecule has 0 amide bonds. The molecule has 1 rings (SSSR count). The summed E-state index contributed by atoms with van der Waals surface area (Å²) < 4.78 is 5.12. The Morgan fingerprint density at radius 1 is 1.45 bits per heavy atom. The standard InChI is InChI=1S/C9H14O2/c1-6-4-9(5-11-6)7(2)8(3)10/h4-5,7-8,10H,1-3H3. The van der Waals surface area contributed by atoms with Crippen LogP contribution in [-0.2, 0) is 0 Å². The summed E-state index contributed by atoms with van der Waals surface area (Å²) in [6.07, 6.45) is 1.39. The molecule has 0 fully saturated rings. The van der Waals surface area contributed by atoms with E-state index in [0.717, 1.165) is 11.3 Å². The van der Waals surface area contributed by atoms with Crippen LogP contribution in [0.5, 0.6) is 0 Å². The van der Waals surface area contributed by atoms with Gasteiger partial charge in [-0.25, -0.2) is 0 Å². The van der Waals surface area contributed by atoms with Crippen LogP contribution in [0.3, 0.4) is 0 Å². The summed E-state index contributed by atoms with van der Waals surface area (Å²) in [5, 5.41) is 9.24. The maximum absolute atomic E-state index is 9.24. The van der Waals surface area contributed by atoms with Crippen LogP contribution in [0, 0.1) is 6.92 Å². The highest BCUT2D eigenvalue weighted by Gasteiger charge is 2.12. The number of aliphatic hydroxyl groups is 1. The number of hydrogen-bond donors (Lipinski definition) is 1. The molecule has 2 unspecified atom stereocenters. The van der Waals surface area contributed by atoms with E-state index in [-0.39, 0.29) is 12.0 Å². The summed E-state index contributed by atoms with van der Waals surface area (Å²) in [6, 6.07) is 1.96. The van der Waals surface area contributed by atoms with Crippen LogP contribution in [-0.4, -0.2) is 11.2 Å². The largest absolute Gasteiger partial charge is 0.469 e. The third kappa shape index (κ3) is 1.84. The summed E-state index contributed by atoms with van der Waals surface area (Å²) >= 11 is 0. The van der Waals surface area contributed by atoms with Crippen LogP contribution in [0.25, 0.3) is 0 Å². The average molecular weight is 154 g/mol. The van der Waals surface area contributed by atoms with Crippen molar-refractivity contribution in [1.82, 2.24) is 0 Å². The summed E-state index contributed by atoms with van der Waals surface area (Å²) in [5.41, 5.74) is 1.07. The third-order valence-electron chi connectivity index (χ3n) is 2.00. The molecule has 1 heterocycles. The maximum Gasteiger partial charge on any atom is 0.100 e. The quantitative estimate of drug-likeness (QED) is 0.707. The Labute approximate surface area is 66.8 Å². The minimum absolute atomic E-state index is 0.160. The van der Waals surface area contributed by atoms with Gasteiger partial charge in [-0.1, -0.05) is 6.92 Å². The van der Waals surface area contributed by atoms with Crippen LogP contribution in [0.2, 0.25) is 0 Å². The van der Waals surface area contributed by atoms with Crippen molar-refractivity contribution in [3.63, 3.8) is 0 Å². The van der Waals surface area contributed by atoms with Gasteiger partial charge in [0.15, 0.2) is 0 Å². The lowest BCUT2D eigenvalue weighted by molar-refractivity contribution is 0.168. The number of aliphatic hydroxyl groups excluding tert-OH is 1. The zero-order chi connectivity index (χ0) is 8.43. The van der Waals surface area contributed by atoms with Crippen molar-refractivity contribution in [2.75, 3.05) is 0 Å². The molecular weight excluding hydrogens is 140 g/mol. The van der Waals surface area contributed by atoms with Gasteiger partial charge in [0.05, 0.1) is 12.4 Å². The summed E-state index contributed by atoms with van der Waals surface area (Å²) in [6.45, 7) is 5.67. The van der Waals surface area contributed by atoms with Crippen LogP contribution in [0.15, 0.2) is 16.7 Å². The van der Waals surface area contributed by atoms with Gasteiger partial charge in [0.2, 0.25) is 0 Å². The lowest BCUT2D eigenvalue weighted by Crippen LogP contribution is -2.09. The van der Waals surface area contributed by atoms with Crippen LogP contribution < -0.4 is 0 Å². The van der Waals surface area contributed by atoms with Crippen molar-refractivity contribution >= 4 is 0 Å². The van der Waals surface area contributed by atoms with Crippen LogP contribution in [0.1, 0.15) is 31.1 Å².